The molecular formula is C28H21F4N5O4S. The maximum atomic E-state index is 13.9. The summed E-state index contributed by atoms with van der Waals surface area (Å²) in [5.41, 5.74) is 2.63. The number of anilines is 3. The normalized spacial score (nSPS) is 11.7. The van der Waals surface area contributed by atoms with Crippen molar-refractivity contribution >= 4 is 44.4 Å². The molecule has 0 unspecified atom stereocenters. The highest BCUT2D eigenvalue weighted by Gasteiger charge is 2.31. The number of benzene rings is 4. The van der Waals surface area contributed by atoms with Gasteiger partial charge in [0.15, 0.2) is 5.75 Å². The molecule has 0 saturated carbocycles. The van der Waals surface area contributed by atoms with Gasteiger partial charge in [-0.1, -0.05) is 29.8 Å². The van der Waals surface area contributed by atoms with Crippen LogP contribution in [0, 0.1) is 12.7 Å². The fourth-order valence-electron chi connectivity index (χ4n) is 3.92. The molecule has 0 saturated heterocycles. The Morgan fingerprint density at radius 3 is 2.29 bits per heavy atom. The predicted molar refractivity (Wildman–Crippen MR) is 148 cm³/mol. The van der Waals surface area contributed by atoms with Gasteiger partial charge in [-0.2, -0.15) is 22.6 Å². The molecule has 3 N–H and O–H groups in total. The Kier molecular flexibility index (Phi) is 7.47. The number of hydrogen-bond donors (Lipinski definition) is 3. The monoisotopic (exact) mass is 599 g/mol. The van der Waals surface area contributed by atoms with Crippen molar-refractivity contribution < 1.29 is 35.6 Å². The lowest BCUT2D eigenvalue weighted by Crippen LogP contribution is -2.20. The Morgan fingerprint density at radius 1 is 0.905 bits per heavy atom. The minimum Gasteiger partial charge on any atom is -0.379 e. The zero-order chi connectivity index (χ0) is 30.1. The summed E-state index contributed by atoms with van der Waals surface area (Å²) >= 11 is 0. The first kappa shape index (κ1) is 28.4. The highest BCUT2D eigenvalue weighted by atomic mass is 32.2. The number of halogens is 4. The van der Waals surface area contributed by atoms with Crippen LogP contribution in [0.5, 0.6) is 5.75 Å². The molecule has 1 aromatic heterocycles. The van der Waals surface area contributed by atoms with E-state index in [2.05, 4.69) is 15.8 Å². The minimum atomic E-state index is -4.71. The molecule has 4 aromatic carbocycles. The Labute approximate surface area is 236 Å². The van der Waals surface area contributed by atoms with Gasteiger partial charge >= 0.3 is 12.2 Å². The Bertz CT molecular complexity index is 1870. The minimum absolute atomic E-state index is 0.0537. The topological polar surface area (TPSA) is 114 Å². The second-order valence-corrected chi connectivity index (χ2v) is 10.8. The molecule has 9 nitrogen and oxygen atoms in total. The second kappa shape index (κ2) is 11.0. The zero-order valence-electron chi connectivity index (χ0n) is 21.6. The van der Waals surface area contributed by atoms with Crippen molar-refractivity contribution in [2.75, 3.05) is 16.1 Å². The van der Waals surface area contributed by atoms with E-state index in [-0.39, 0.29) is 22.3 Å². The number of fused-ring (bicyclic) bond motifs is 1. The van der Waals surface area contributed by atoms with Crippen molar-refractivity contribution in [1.82, 2.24) is 8.96 Å². The standard InChI is InChI=1S/C28H21F4N5O4S/c1-17-6-13-21(14-7-17)42(39,40)37-25-5-3-2-4-23(25)34-26(37)36-41-20-11-9-19(10-12-20)33-27(38)35-24-16-18(28(30,31)32)8-15-22(24)29/h2-16H,1H3,(H,34,36)(H2,33,35,38). The van der Waals surface area contributed by atoms with Crippen molar-refractivity contribution in [2.24, 2.45) is 0 Å². The number of aromatic nitrogens is 2. The van der Waals surface area contributed by atoms with Gasteiger partial charge in [-0.25, -0.2) is 22.6 Å². The number of imidazole rings is 1. The van der Waals surface area contributed by atoms with Crippen LogP contribution in [0.2, 0.25) is 0 Å². The third kappa shape index (κ3) is 5.98. The van der Waals surface area contributed by atoms with Gasteiger partial charge in [0.05, 0.1) is 27.2 Å². The number of amides is 2. The zero-order valence-corrected chi connectivity index (χ0v) is 22.4. The third-order valence-corrected chi connectivity index (χ3v) is 7.71. The van der Waals surface area contributed by atoms with Crippen LogP contribution in [0.15, 0.2) is 95.9 Å². The number of para-hydroxylation sites is 2. The van der Waals surface area contributed by atoms with Crippen molar-refractivity contribution in [3.8, 4) is 5.75 Å². The van der Waals surface area contributed by atoms with Gasteiger partial charge in [-0.15, -0.1) is 0 Å². The van der Waals surface area contributed by atoms with E-state index in [4.69, 9.17) is 4.84 Å². The van der Waals surface area contributed by atoms with E-state index in [0.717, 1.165) is 9.54 Å². The van der Waals surface area contributed by atoms with Gasteiger partial charge in [0, 0.05) is 5.69 Å². The van der Waals surface area contributed by atoms with Crippen LogP contribution in [0.3, 0.4) is 0 Å². The average Bonchev–Trinajstić information content (AvgIpc) is 3.33. The van der Waals surface area contributed by atoms with E-state index >= 15 is 0 Å². The highest BCUT2D eigenvalue weighted by Crippen LogP contribution is 2.32. The fraction of sp³-hybridized carbons (Fsp3) is 0.0714. The molecule has 0 spiro atoms. The predicted octanol–water partition coefficient (Wildman–Crippen LogP) is 6.79. The fourth-order valence-corrected chi connectivity index (χ4v) is 5.33. The van der Waals surface area contributed by atoms with Gasteiger partial charge in [0.2, 0.25) is 0 Å². The third-order valence-electron chi connectivity index (χ3n) is 5.99. The molecule has 216 valence electrons. The first-order valence-electron chi connectivity index (χ1n) is 12.2. The Morgan fingerprint density at radius 2 is 1.60 bits per heavy atom. The number of carbonyl (C=O) groups excluding carboxylic acids is 1. The number of rotatable bonds is 7. The largest absolute Gasteiger partial charge is 0.416 e. The molecule has 14 heteroatoms. The molecule has 5 aromatic rings. The summed E-state index contributed by atoms with van der Waals surface area (Å²) in [6, 6.07) is 19.4. The van der Waals surface area contributed by atoms with Crippen LogP contribution < -0.4 is 21.0 Å². The number of alkyl halides is 3. The van der Waals surface area contributed by atoms with Gasteiger partial charge < -0.3 is 15.5 Å². The van der Waals surface area contributed by atoms with Crippen molar-refractivity contribution in [1.29, 1.82) is 0 Å². The summed E-state index contributed by atoms with van der Waals surface area (Å²) < 4.78 is 80.8. The Hall–Kier alpha value is -5.11. The van der Waals surface area contributed by atoms with Gasteiger partial charge in [0.25, 0.3) is 16.0 Å². The van der Waals surface area contributed by atoms with Crippen LogP contribution in [0.25, 0.3) is 11.0 Å². The highest BCUT2D eigenvalue weighted by molar-refractivity contribution is 7.90. The van der Waals surface area contributed by atoms with Crippen LogP contribution in [0.1, 0.15) is 11.1 Å². The second-order valence-electron chi connectivity index (χ2n) is 9.01. The van der Waals surface area contributed by atoms with E-state index < -0.39 is 39.3 Å². The molecule has 2 amide bonds. The number of hydrogen-bond acceptors (Lipinski definition) is 6. The molecule has 1 heterocycles. The first-order valence-corrected chi connectivity index (χ1v) is 13.6. The van der Waals surface area contributed by atoms with Crippen molar-refractivity contribution in [3.63, 3.8) is 0 Å². The van der Waals surface area contributed by atoms with Gasteiger partial charge in [-0.3, -0.25) is 0 Å². The molecule has 0 aliphatic heterocycles. The summed E-state index contributed by atoms with van der Waals surface area (Å²) in [6.45, 7) is 1.84. The van der Waals surface area contributed by atoms with E-state index in [1.165, 1.54) is 36.4 Å². The number of nitrogens with one attached hydrogen (secondary N) is 3. The average molecular weight is 600 g/mol. The van der Waals surface area contributed by atoms with Crippen molar-refractivity contribution in [3.05, 3.63) is 108 Å². The maximum absolute atomic E-state index is 13.9. The van der Waals surface area contributed by atoms with Crippen LogP contribution in [-0.4, -0.2) is 23.4 Å². The van der Waals surface area contributed by atoms with E-state index in [9.17, 15) is 30.8 Å². The molecule has 42 heavy (non-hydrogen) atoms. The lowest BCUT2D eigenvalue weighted by Gasteiger charge is -2.13. The summed E-state index contributed by atoms with van der Waals surface area (Å²) in [7, 11) is -4.07. The van der Waals surface area contributed by atoms with E-state index in [1.807, 2.05) is 12.2 Å². The maximum Gasteiger partial charge on any atom is 0.416 e. The van der Waals surface area contributed by atoms with Gasteiger partial charge in [0.1, 0.15) is 5.82 Å². The molecule has 5 rings (SSSR count). The SMILES string of the molecule is Cc1ccc(S(=O)(=O)n2c(NOc3ccc(NC(=O)Nc4cc(C(F)(F)F)ccc4F)cc3)nc3ccccc32)cc1. The van der Waals surface area contributed by atoms with Crippen LogP contribution in [0.4, 0.5) is 39.7 Å². The summed E-state index contributed by atoms with van der Waals surface area (Å²) in [6.07, 6.45) is -4.71. The molecular weight excluding hydrogens is 578 g/mol. The molecule has 0 aliphatic carbocycles. The van der Waals surface area contributed by atoms with Crippen LogP contribution in [-0.2, 0) is 16.2 Å². The number of carbonyl (C=O) groups is 1. The summed E-state index contributed by atoms with van der Waals surface area (Å²) in [4.78, 5) is 22.2. The van der Waals surface area contributed by atoms with Crippen LogP contribution >= 0.6 is 0 Å². The molecule has 0 fully saturated rings. The lowest BCUT2D eigenvalue weighted by molar-refractivity contribution is -0.137. The number of nitrogens with zero attached hydrogens (tertiary/aromatic N) is 2. The molecule has 0 bridgehead atoms. The number of urea groups is 1. The van der Waals surface area contributed by atoms with E-state index in [1.54, 1.807) is 36.4 Å². The quantitative estimate of drug-likeness (QED) is 0.140. The lowest BCUT2D eigenvalue weighted by atomic mass is 10.2. The smallest absolute Gasteiger partial charge is 0.379 e. The summed E-state index contributed by atoms with van der Waals surface area (Å²) in [5, 5.41) is 4.42. The van der Waals surface area contributed by atoms with E-state index in [0.29, 0.717) is 29.2 Å². The molecule has 0 aliphatic rings. The molecule has 0 atom stereocenters. The first-order chi connectivity index (χ1) is 19.9. The number of aryl methyl sites for hydroxylation is 1. The summed E-state index contributed by atoms with van der Waals surface area (Å²) in [5.74, 6) is -0.943. The van der Waals surface area contributed by atoms with Crippen molar-refractivity contribution in [2.45, 2.75) is 18.0 Å². The van der Waals surface area contributed by atoms with Gasteiger partial charge in [-0.05, 0) is 73.7 Å². The Balaban J connectivity index is 1.30. The molecule has 0 radical (unpaired) electrons.